The molecule has 0 atom stereocenters. The maximum absolute atomic E-state index is 11.4. The molecule has 0 radical (unpaired) electrons. The summed E-state index contributed by atoms with van der Waals surface area (Å²) in [6.45, 7) is 2.37. The second-order valence-corrected chi connectivity index (χ2v) is 4.09. The quantitative estimate of drug-likeness (QED) is 0.723. The second-order valence-electron chi connectivity index (χ2n) is 4.09. The summed E-state index contributed by atoms with van der Waals surface area (Å²) in [6.07, 6.45) is 3.15. The molecule has 1 aromatic rings. The maximum atomic E-state index is 11.4. The Bertz CT molecular complexity index is 426. The first kappa shape index (κ1) is 10.9. The van der Waals surface area contributed by atoms with Gasteiger partial charge in [-0.15, -0.1) is 0 Å². The predicted molar refractivity (Wildman–Crippen MR) is 62.6 cm³/mol. The average Bonchev–Trinajstić information content (AvgIpc) is 2.69. The Labute approximate surface area is 95.1 Å². The molecule has 2 rings (SSSR count). The van der Waals surface area contributed by atoms with Crippen molar-refractivity contribution in [3.8, 4) is 0 Å². The minimum atomic E-state index is 0.0892. The Hall–Kier alpha value is -1.64. The van der Waals surface area contributed by atoms with E-state index < -0.39 is 0 Å². The van der Waals surface area contributed by atoms with E-state index in [9.17, 15) is 9.59 Å². The number of nitrogens with zero attached hydrogens (tertiary/aromatic N) is 1. The number of hydrogen-bond acceptors (Lipinski definition) is 2. The molecule has 0 fully saturated rings. The smallest absolute Gasteiger partial charge is 0.223 e. The number of amides is 1. The number of anilines is 1. The Kier molecular flexibility index (Phi) is 3.04. The van der Waals surface area contributed by atoms with E-state index in [1.807, 2.05) is 12.1 Å². The maximum Gasteiger partial charge on any atom is 0.223 e. The number of aldehydes is 1. The molecular weight excluding hydrogens is 202 g/mol. The lowest BCUT2D eigenvalue weighted by atomic mass is 10.1. The zero-order chi connectivity index (χ0) is 11.5. The summed E-state index contributed by atoms with van der Waals surface area (Å²) >= 11 is 0. The van der Waals surface area contributed by atoms with Gasteiger partial charge in [-0.2, -0.15) is 0 Å². The van der Waals surface area contributed by atoms with Crippen LogP contribution in [-0.2, 0) is 22.4 Å². The summed E-state index contributed by atoms with van der Waals surface area (Å²) in [7, 11) is 0. The SMILES string of the molecule is CC(=O)N1CCc2ccc(CCC=O)cc21. The van der Waals surface area contributed by atoms with Crippen molar-refractivity contribution in [2.75, 3.05) is 11.4 Å². The third kappa shape index (κ3) is 1.98. The number of carbonyl (C=O) groups excluding carboxylic acids is 2. The molecule has 1 heterocycles. The average molecular weight is 217 g/mol. The Balaban J connectivity index is 2.26. The second kappa shape index (κ2) is 4.47. The van der Waals surface area contributed by atoms with Gasteiger partial charge in [-0.25, -0.2) is 0 Å². The molecule has 16 heavy (non-hydrogen) atoms. The van der Waals surface area contributed by atoms with E-state index in [0.717, 1.165) is 36.9 Å². The number of rotatable bonds is 3. The van der Waals surface area contributed by atoms with E-state index in [4.69, 9.17) is 0 Å². The van der Waals surface area contributed by atoms with Gasteiger partial charge in [0.1, 0.15) is 6.29 Å². The summed E-state index contributed by atoms with van der Waals surface area (Å²) in [6, 6.07) is 6.15. The number of fused-ring (bicyclic) bond motifs is 1. The zero-order valence-electron chi connectivity index (χ0n) is 9.40. The lowest BCUT2D eigenvalue weighted by Crippen LogP contribution is -2.25. The van der Waals surface area contributed by atoms with Gasteiger partial charge in [0.25, 0.3) is 0 Å². The Morgan fingerprint density at radius 1 is 1.50 bits per heavy atom. The van der Waals surface area contributed by atoms with E-state index in [-0.39, 0.29) is 5.91 Å². The van der Waals surface area contributed by atoms with Crippen LogP contribution in [0.2, 0.25) is 0 Å². The molecule has 0 saturated heterocycles. The van der Waals surface area contributed by atoms with Gasteiger partial charge in [-0.05, 0) is 30.0 Å². The van der Waals surface area contributed by atoms with Crippen molar-refractivity contribution in [3.63, 3.8) is 0 Å². The lowest BCUT2D eigenvalue weighted by molar-refractivity contribution is -0.116. The summed E-state index contributed by atoms with van der Waals surface area (Å²) < 4.78 is 0. The van der Waals surface area contributed by atoms with Gasteiger partial charge >= 0.3 is 0 Å². The van der Waals surface area contributed by atoms with Gasteiger partial charge in [0.2, 0.25) is 5.91 Å². The fraction of sp³-hybridized carbons (Fsp3) is 0.385. The van der Waals surface area contributed by atoms with Crippen LogP contribution in [0, 0.1) is 0 Å². The number of hydrogen-bond donors (Lipinski definition) is 0. The Morgan fingerprint density at radius 3 is 3.00 bits per heavy atom. The predicted octanol–water partition coefficient (Wildman–Crippen LogP) is 1.73. The molecule has 84 valence electrons. The van der Waals surface area contributed by atoms with Crippen LogP contribution in [0.25, 0.3) is 0 Å². The molecule has 1 aliphatic rings. The third-order valence-electron chi connectivity index (χ3n) is 2.98. The third-order valence-corrected chi connectivity index (χ3v) is 2.98. The highest BCUT2D eigenvalue weighted by atomic mass is 16.2. The van der Waals surface area contributed by atoms with Crippen molar-refractivity contribution in [1.82, 2.24) is 0 Å². The first-order chi connectivity index (χ1) is 7.72. The molecule has 0 saturated carbocycles. The van der Waals surface area contributed by atoms with Gasteiger partial charge in [-0.3, -0.25) is 4.79 Å². The van der Waals surface area contributed by atoms with Gasteiger partial charge in [0, 0.05) is 25.6 Å². The molecule has 1 amide bonds. The minimum absolute atomic E-state index is 0.0892. The lowest BCUT2D eigenvalue weighted by Gasteiger charge is -2.15. The van der Waals surface area contributed by atoms with Crippen LogP contribution in [0.15, 0.2) is 18.2 Å². The molecule has 0 bridgehead atoms. The van der Waals surface area contributed by atoms with Gasteiger partial charge in [0.05, 0.1) is 0 Å². The highest BCUT2D eigenvalue weighted by Gasteiger charge is 2.21. The van der Waals surface area contributed by atoms with E-state index >= 15 is 0 Å². The number of benzene rings is 1. The minimum Gasteiger partial charge on any atom is -0.312 e. The summed E-state index contributed by atoms with van der Waals surface area (Å²) in [5, 5.41) is 0. The van der Waals surface area contributed by atoms with Crippen molar-refractivity contribution in [2.24, 2.45) is 0 Å². The van der Waals surface area contributed by atoms with E-state index in [1.165, 1.54) is 5.56 Å². The van der Waals surface area contributed by atoms with Gasteiger partial charge in [-0.1, -0.05) is 12.1 Å². The molecule has 0 unspecified atom stereocenters. The van der Waals surface area contributed by atoms with Crippen molar-refractivity contribution in [3.05, 3.63) is 29.3 Å². The Morgan fingerprint density at radius 2 is 2.31 bits per heavy atom. The van der Waals surface area contributed by atoms with Crippen molar-refractivity contribution in [1.29, 1.82) is 0 Å². The van der Waals surface area contributed by atoms with Crippen LogP contribution in [0.3, 0.4) is 0 Å². The van der Waals surface area contributed by atoms with E-state index in [1.54, 1.807) is 11.8 Å². The first-order valence-corrected chi connectivity index (χ1v) is 5.56. The van der Waals surface area contributed by atoms with Crippen LogP contribution >= 0.6 is 0 Å². The van der Waals surface area contributed by atoms with Crippen LogP contribution in [0.4, 0.5) is 5.69 Å². The van der Waals surface area contributed by atoms with Gasteiger partial charge < -0.3 is 9.69 Å². The molecule has 0 N–H and O–H groups in total. The van der Waals surface area contributed by atoms with Crippen molar-refractivity contribution >= 4 is 17.9 Å². The van der Waals surface area contributed by atoms with Crippen LogP contribution < -0.4 is 4.90 Å². The monoisotopic (exact) mass is 217 g/mol. The fourth-order valence-electron chi connectivity index (χ4n) is 2.13. The van der Waals surface area contributed by atoms with Crippen LogP contribution in [0.5, 0.6) is 0 Å². The van der Waals surface area contributed by atoms with Crippen LogP contribution in [0.1, 0.15) is 24.5 Å². The van der Waals surface area contributed by atoms with E-state index in [0.29, 0.717) is 6.42 Å². The molecule has 1 aromatic carbocycles. The number of aryl methyl sites for hydroxylation is 1. The standard InChI is InChI=1S/C13H15NO2/c1-10(16)14-7-6-12-5-4-11(3-2-8-15)9-13(12)14/h4-5,8-9H,2-3,6-7H2,1H3. The van der Waals surface area contributed by atoms with Gasteiger partial charge in [0.15, 0.2) is 0 Å². The summed E-state index contributed by atoms with van der Waals surface area (Å²) in [5.41, 5.74) is 3.37. The summed E-state index contributed by atoms with van der Waals surface area (Å²) in [4.78, 5) is 23.5. The largest absolute Gasteiger partial charge is 0.312 e. The summed E-state index contributed by atoms with van der Waals surface area (Å²) in [5.74, 6) is 0.0892. The molecule has 3 heteroatoms. The topological polar surface area (TPSA) is 37.4 Å². The zero-order valence-corrected chi connectivity index (χ0v) is 9.40. The van der Waals surface area contributed by atoms with Crippen molar-refractivity contribution in [2.45, 2.75) is 26.2 Å². The number of carbonyl (C=O) groups is 2. The highest BCUT2D eigenvalue weighted by Crippen LogP contribution is 2.29. The normalized spacial score (nSPS) is 13.7. The molecule has 0 aromatic heterocycles. The van der Waals surface area contributed by atoms with E-state index in [2.05, 4.69) is 6.07 Å². The first-order valence-electron chi connectivity index (χ1n) is 5.56. The highest BCUT2D eigenvalue weighted by molar-refractivity contribution is 5.93. The van der Waals surface area contributed by atoms with Crippen molar-refractivity contribution < 1.29 is 9.59 Å². The molecule has 0 aliphatic carbocycles. The molecular formula is C13H15NO2. The molecule has 0 spiro atoms. The molecule has 3 nitrogen and oxygen atoms in total. The van der Waals surface area contributed by atoms with Crippen LogP contribution in [-0.4, -0.2) is 18.7 Å². The molecule has 1 aliphatic heterocycles. The fourth-order valence-corrected chi connectivity index (χ4v) is 2.13.